The van der Waals surface area contributed by atoms with Crippen molar-refractivity contribution in [3.05, 3.63) is 35.5 Å². The number of likely N-dealkylation sites (tertiary alicyclic amines) is 1. The summed E-state index contributed by atoms with van der Waals surface area (Å²) in [5.41, 5.74) is -0.239. The van der Waals surface area contributed by atoms with Gasteiger partial charge in [0, 0.05) is 31.2 Å². The van der Waals surface area contributed by atoms with E-state index in [1.54, 1.807) is 0 Å². The van der Waals surface area contributed by atoms with Gasteiger partial charge in [0.15, 0.2) is 21.8 Å². The molecule has 12 heteroatoms. The Bertz CT molecular complexity index is 1130. The van der Waals surface area contributed by atoms with Gasteiger partial charge in [-0.2, -0.15) is 18.2 Å². The van der Waals surface area contributed by atoms with Gasteiger partial charge in [0.2, 0.25) is 5.89 Å². The molecule has 2 aromatic rings. The van der Waals surface area contributed by atoms with Gasteiger partial charge in [0.1, 0.15) is 5.75 Å². The number of hydrogen-bond donors (Lipinski definition) is 0. The highest BCUT2D eigenvalue weighted by Crippen LogP contribution is 2.40. The molecule has 1 aliphatic heterocycles. The summed E-state index contributed by atoms with van der Waals surface area (Å²) in [4.78, 5) is 18.8. The summed E-state index contributed by atoms with van der Waals surface area (Å²) >= 11 is 0. The molecule has 1 amide bonds. The van der Waals surface area contributed by atoms with Gasteiger partial charge in [0.25, 0.3) is 5.91 Å². The number of hydrogen-bond acceptors (Lipinski definition) is 7. The number of alkyl halides is 3. The lowest BCUT2D eigenvalue weighted by atomic mass is 10.1. The summed E-state index contributed by atoms with van der Waals surface area (Å²) in [5, 5.41) is 4.00. The zero-order chi connectivity index (χ0) is 23.3. The number of nitrogens with zero attached hydrogens (tertiary/aromatic N) is 3. The van der Waals surface area contributed by atoms with Crippen LogP contribution in [0.15, 0.2) is 27.6 Å². The smallest absolute Gasteiger partial charge is 0.425 e. The molecule has 1 saturated carbocycles. The SMILES string of the molecule is C[C@H](Oc1ccc(S(C)(=O)=O)cc1C(=O)N1CCC(c2noc(C3CC3)n2)C1)C(F)(F)F. The lowest BCUT2D eigenvalue weighted by Gasteiger charge is -2.22. The van der Waals surface area contributed by atoms with Crippen LogP contribution in [-0.2, 0) is 9.84 Å². The molecule has 32 heavy (non-hydrogen) atoms. The summed E-state index contributed by atoms with van der Waals surface area (Å²) in [5.74, 6) is 0.257. The monoisotopic (exact) mass is 473 g/mol. The molecule has 8 nitrogen and oxygen atoms in total. The topological polar surface area (TPSA) is 103 Å². The zero-order valence-electron chi connectivity index (χ0n) is 17.4. The van der Waals surface area contributed by atoms with Crippen LogP contribution < -0.4 is 4.74 Å². The number of halogens is 3. The van der Waals surface area contributed by atoms with Crippen molar-refractivity contribution in [1.82, 2.24) is 15.0 Å². The number of sulfone groups is 1. The molecule has 0 bridgehead atoms. The third kappa shape index (κ3) is 4.74. The van der Waals surface area contributed by atoms with E-state index in [2.05, 4.69) is 10.1 Å². The molecule has 1 saturated heterocycles. The van der Waals surface area contributed by atoms with E-state index < -0.39 is 28.0 Å². The van der Waals surface area contributed by atoms with Gasteiger partial charge in [0.05, 0.1) is 10.5 Å². The van der Waals surface area contributed by atoms with E-state index in [1.165, 1.54) is 4.90 Å². The molecule has 0 spiro atoms. The van der Waals surface area contributed by atoms with E-state index in [0.717, 1.165) is 44.2 Å². The predicted octanol–water partition coefficient (Wildman–Crippen LogP) is 3.31. The van der Waals surface area contributed by atoms with E-state index in [0.29, 0.717) is 30.6 Å². The third-order valence-corrected chi connectivity index (χ3v) is 6.71. The molecule has 2 heterocycles. The maximum Gasteiger partial charge on any atom is 0.425 e. The van der Waals surface area contributed by atoms with Gasteiger partial charge in [-0.05, 0) is 44.4 Å². The van der Waals surface area contributed by atoms with Gasteiger partial charge in [-0.25, -0.2) is 8.42 Å². The first kappa shape index (κ1) is 22.6. The normalized spacial score (nSPS) is 20.4. The van der Waals surface area contributed by atoms with Crippen molar-refractivity contribution < 1.29 is 35.6 Å². The highest BCUT2D eigenvalue weighted by atomic mass is 32.2. The molecular formula is C20H22F3N3O5S. The minimum atomic E-state index is -4.65. The number of ether oxygens (including phenoxy) is 1. The van der Waals surface area contributed by atoms with Crippen molar-refractivity contribution in [2.24, 2.45) is 0 Å². The first-order chi connectivity index (χ1) is 14.9. The highest BCUT2D eigenvalue weighted by molar-refractivity contribution is 7.90. The molecule has 2 aliphatic rings. The van der Waals surface area contributed by atoms with Crippen LogP contribution in [0.4, 0.5) is 13.2 Å². The zero-order valence-corrected chi connectivity index (χ0v) is 18.2. The molecule has 174 valence electrons. The third-order valence-electron chi connectivity index (χ3n) is 5.60. The van der Waals surface area contributed by atoms with E-state index in [1.807, 2.05) is 0 Å². The van der Waals surface area contributed by atoms with Crippen molar-refractivity contribution in [2.45, 2.75) is 55.2 Å². The lowest BCUT2D eigenvalue weighted by Crippen LogP contribution is -2.33. The molecule has 2 fully saturated rings. The lowest BCUT2D eigenvalue weighted by molar-refractivity contribution is -0.189. The first-order valence-corrected chi connectivity index (χ1v) is 12.0. The van der Waals surface area contributed by atoms with E-state index in [9.17, 15) is 26.4 Å². The quantitative estimate of drug-likeness (QED) is 0.634. The van der Waals surface area contributed by atoms with Crippen LogP contribution in [0, 0.1) is 0 Å². The molecular weight excluding hydrogens is 451 g/mol. The Morgan fingerprint density at radius 1 is 1.25 bits per heavy atom. The van der Waals surface area contributed by atoms with Crippen LogP contribution in [0.25, 0.3) is 0 Å². The van der Waals surface area contributed by atoms with Gasteiger partial charge < -0.3 is 14.2 Å². The fraction of sp³-hybridized carbons (Fsp3) is 0.550. The van der Waals surface area contributed by atoms with E-state index in [-0.39, 0.29) is 28.7 Å². The van der Waals surface area contributed by atoms with Crippen LogP contribution in [-0.4, -0.2) is 61.0 Å². The van der Waals surface area contributed by atoms with Crippen molar-refractivity contribution in [2.75, 3.05) is 19.3 Å². The Hall–Kier alpha value is -2.63. The minimum Gasteiger partial charge on any atom is -0.480 e. The van der Waals surface area contributed by atoms with Crippen molar-refractivity contribution >= 4 is 15.7 Å². The van der Waals surface area contributed by atoms with Gasteiger partial charge >= 0.3 is 6.18 Å². The summed E-state index contributed by atoms with van der Waals surface area (Å²) in [6.07, 6.45) is -3.30. The Kier molecular flexibility index (Phi) is 5.68. The summed E-state index contributed by atoms with van der Waals surface area (Å²) in [7, 11) is -3.69. The number of aromatic nitrogens is 2. The Morgan fingerprint density at radius 3 is 2.59 bits per heavy atom. The molecule has 0 radical (unpaired) electrons. The number of carbonyl (C=O) groups excluding carboxylic acids is 1. The Labute approximate surface area is 182 Å². The van der Waals surface area contributed by atoms with Gasteiger partial charge in [-0.15, -0.1) is 0 Å². The second-order valence-corrected chi connectivity index (χ2v) is 10.2. The van der Waals surface area contributed by atoms with E-state index >= 15 is 0 Å². The number of rotatable bonds is 6. The largest absolute Gasteiger partial charge is 0.480 e. The Morgan fingerprint density at radius 2 is 1.97 bits per heavy atom. The van der Waals surface area contributed by atoms with Crippen LogP contribution in [0.5, 0.6) is 5.75 Å². The van der Waals surface area contributed by atoms with Crippen molar-refractivity contribution in [3.8, 4) is 5.75 Å². The maximum atomic E-state index is 13.2. The van der Waals surface area contributed by atoms with Crippen LogP contribution in [0.3, 0.4) is 0 Å². The molecule has 0 N–H and O–H groups in total. The average Bonchev–Trinajstić information content (AvgIpc) is 3.24. The summed E-state index contributed by atoms with van der Waals surface area (Å²) < 4.78 is 73.2. The molecule has 1 unspecified atom stereocenters. The number of carbonyl (C=O) groups is 1. The van der Waals surface area contributed by atoms with Crippen molar-refractivity contribution in [3.63, 3.8) is 0 Å². The standard InChI is InChI=1S/C20H22F3N3O5S/c1-11(20(21,22)23)30-16-6-5-14(32(2,28)29)9-15(16)19(27)26-8-7-13(10-26)17-24-18(31-25-17)12-3-4-12/h5-6,9,11-13H,3-4,7-8,10H2,1-2H3/t11-,13?/m0/s1. The fourth-order valence-electron chi connectivity index (χ4n) is 3.50. The second-order valence-electron chi connectivity index (χ2n) is 8.23. The molecule has 4 rings (SSSR count). The van der Waals surface area contributed by atoms with Crippen molar-refractivity contribution in [1.29, 1.82) is 0 Å². The second kappa shape index (κ2) is 8.05. The molecule has 1 aliphatic carbocycles. The Balaban J connectivity index is 1.58. The van der Waals surface area contributed by atoms with Crippen LogP contribution >= 0.6 is 0 Å². The molecule has 1 aromatic carbocycles. The number of amides is 1. The summed E-state index contributed by atoms with van der Waals surface area (Å²) in [6.45, 7) is 1.37. The summed E-state index contributed by atoms with van der Waals surface area (Å²) in [6, 6.07) is 3.26. The number of benzene rings is 1. The maximum absolute atomic E-state index is 13.2. The first-order valence-electron chi connectivity index (χ1n) is 10.1. The highest BCUT2D eigenvalue weighted by Gasteiger charge is 2.39. The minimum absolute atomic E-state index is 0.174. The van der Waals surface area contributed by atoms with Gasteiger partial charge in [-0.1, -0.05) is 5.16 Å². The fourth-order valence-corrected chi connectivity index (χ4v) is 4.15. The van der Waals surface area contributed by atoms with E-state index in [4.69, 9.17) is 9.26 Å². The van der Waals surface area contributed by atoms with Gasteiger partial charge in [-0.3, -0.25) is 4.79 Å². The van der Waals surface area contributed by atoms with Crippen LogP contribution in [0.2, 0.25) is 0 Å². The molecule has 2 atom stereocenters. The predicted molar refractivity (Wildman–Crippen MR) is 105 cm³/mol. The molecule has 1 aromatic heterocycles. The van der Waals surface area contributed by atoms with Crippen LogP contribution in [0.1, 0.15) is 60.1 Å². The average molecular weight is 473 g/mol.